The largest absolute Gasteiger partial charge is 0.354 e. The van der Waals surface area contributed by atoms with E-state index >= 15 is 0 Å². The van der Waals surface area contributed by atoms with Crippen LogP contribution in [0, 0.1) is 11.7 Å². The molecule has 0 aromatic heterocycles. The van der Waals surface area contributed by atoms with Crippen LogP contribution in [0.25, 0.3) is 0 Å². The van der Waals surface area contributed by atoms with E-state index in [1.807, 2.05) is 13.0 Å². The molecule has 3 N–H and O–H groups in total. The van der Waals surface area contributed by atoms with Crippen molar-refractivity contribution in [1.29, 1.82) is 0 Å². The van der Waals surface area contributed by atoms with E-state index in [9.17, 15) is 9.18 Å². The van der Waals surface area contributed by atoms with Crippen molar-refractivity contribution in [3.63, 3.8) is 0 Å². The first-order valence-electron chi connectivity index (χ1n) is 9.59. The number of nitrogens with two attached hydrogens (primary N) is 1. The Labute approximate surface area is 172 Å². The van der Waals surface area contributed by atoms with Gasteiger partial charge in [-0.05, 0) is 49.1 Å². The van der Waals surface area contributed by atoms with Crippen LogP contribution >= 0.6 is 12.4 Å². The predicted molar refractivity (Wildman–Crippen MR) is 113 cm³/mol. The van der Waals surface area contributed by atoms with Crippen LogP contribution in [0.3, 0.4) is 0 Å². The van der Waals surface area contributed by atoms with Gasteiger partial charge in [-0.3, -0.25) is 9.69 Å². The molecule has 3 rings (SSSR count). The van der Waals surface area contributed by atoms with Crippen molar-refractivity contribution >= 4 is 18.3 Å². The fourth-order valence-corrected chi connectivity index (χ4v) is 3.83. The molecule has 28 heavy (non-hydrogen) atoms. The number of nitrogens with one attached hydrogen (secondary N) is 1. The molecule has 2 aromatic carbocycles. The van der Waals surface area contributed by atoms with E-state index < -0.39 is 0 Å². The van der Waals surface area contributed by atoms with Gasteiger partial charge in [0.15, 0.2) is 0 Å². The molecule has 0 spiro atoms. The number of nitrogens with zero attached hydrogens (tertiary/aromatic N) is 1. The number of hydrogen-bond donors (Lipinski definition) is 2. The Kier molecular flexibility index (Phi) is 8.42. The van der Waals surface area contributed by atoms with Crippen molar-refractivity contribution in [3.8, 4) is 0 Å². The number of hydrogen-bond acceptors (Lipinski definition) is 3. The van der Waals surface area contributed by atoms with Gasteiger partial charge in [0.05, 0.1) is 6.04 Å². The van der Waals surface area contributed by atoms with Crippen molar-refractivity contribution in [1.82, 2.24) is 10.2 Å². The number of halogens is 2. The molecule has 0 bridgehead atoms. The van der Waals surface area contributed by atoms with Crippen molar-refractivity contribution in [2.45, 2.75) is 25.3 Å². The lowest BCUT2D eigenvalue weighted by atomic mass is 9.89. The molecular weight excluding hydrogens is 377 g/mol. The Morgan fingerprint density at radius 3 is 2.50 bits per heavy atom. The van der Waals surface area contributed by atoms with Crippen molar-refractivity contribution < 1.29 is 9.18 Å². The van der Waals surface area contributed by atoms with Crippen LogP contribution < -0.4 is 11.1 Å². The summed E-state index contributed by atoms with van der Waals surface area (Å²) in [6, 6.07) is 16.6. The molecule has 0 radical (unpaired) electrons. The number of carbonyl (C=O) groups is 1. The highest BCUT2D eigenvalue weighted by Crippen LogP contribution is 2.33. The van der Waals surface area contributed by atoms with Gasteiger partial charge < -0.3 is 11.1 Å². The van der Waals surface area contributed by atoms with E-state index in [0.717, 1.165) is 18.7 Å². The van der Waals surface area contributed by atoms with Gasteiger partial charge in [-0.15, -0.1) is 12.4 Å². The molecule has 2 aromatic rings. The molecule has 1 fully saturated rings. The SMILES string of the molecule is CC(C(=O)NCCc1ccc(F)cc1)N1C[C@@H](CN)[C@H](c2ccccc2)C1.Cl. The Morgan fingerprint density at radius 2 is 1.86 bits per heavy atom. The fourth-order valence-electron chi connectivity index (χ4n) is 3.83. The lowest BCUT2D eigenvalue weighted by Crippen LogP contribution is -2.45. The van der Waals surface area contributed by atoms with Crippen molar-refractivity contribution in [3.05, 3.63) is 71.5 Å². The average Bonchev–Trinajstić information content (AvgIpc) is 3.14. The molecule has 4 nitrogen and oxygen atoms in total. The lowest BCUT2D eigenvalue weighted by molar-refractivity contribution is -0.125. The van der Waals surface area contributed by atoms with Crippen LogP contribution in [-0.2, 0) is 11.2 Å². The topological polar surface area (TPSA) is 58.4 Å². The molecule has 1 saturated heterocycles. The molecule has 1 unspecified atom stereocenters. The summed E-state index contributed by atoms with van der Waals surface area (Å²) in [7, 11) is 0. The third kappa shape index (κ3) is 5.53. The third-order valence-electron chi connectivity index (χ3n) is 5.55. The molecule has 1 aliphatic rings. The maximum Gasteiger partial charge on any atom is 0.237 e. The van der Waals surface area contributed by atoms with Crippen molar-refractivity contribution in [2.24, 2.45) is 11.7 Å². The van der Waals surface area contributed by atoms with Gasteiger partial charge >= 0.3 is 0 Å². The molecule has 152 valence electrons. The van der Waals surface area contributed by atoms with Gasteiger partial charge in [-0.25, -0.2) is 4.39 Å². The molecular formula is C22H29ClFN3O. The van der Waals surface area contributed by atoms with Crippen LogP contribution in [0.2, 0.25) is 0 Å². The Hall–Kier alpha value is -1.95. The zero-order valence-electron chi connectivity index (χ0n) is 16.2. The summed E-state index contributed by atoms with van der Waals surface area (Å²) in [5.74, 6) is 0.516. The Morgan fingerprint density at radius 1 is 1.18 bits per heavy atom. The molecule has 6 heteroatoms. The van der Waals surface area contributed by atoms with E-state index in [0.29, 0.717) is 31.3 Å². The van der Waals surface area contributed by atoms with E-state index in [-0.39, 0.29) is 30.2 Å². The lowest BCUT2D eigenvalue weighted by Gasteiger charge is -2.23. The summed E-state index contributed by atoms with van der Waals surface area (Å²) >= 11 is 0. The first-order chi connectivity index (χ1) is 13.1. The minimum absolute atomic E-state index is 0. The monoisotopic (exact) mass is 405 g/mol. The van der Waals surface area contributed by atoms with E-state index in [1.165, 1.54) is 17.7 Å². The van der Waals surface area contributed by atoms with Crippen LogP contribution in [0.1, 0.15) is 24.0 Å². The zero-order chi connectivity index (χ0) is 19.2. The second kappa shape index (κ2) is 10.6. The summed E-state index contributed by atoms with van der Waals surface area (Å²) in [5, 5.41) is 3.00. The van der Waals surface area contributed by atoms with E-state index in [1.54, 1.807) is 12.1 Å². The Bertz CT molecular complexity index is 741. The number of likely N-dealkylation sites (tertiary alicyclic amines) is 1. The molecule has 1 heterocycles. The molecule has 0 aliphatic carbocycles. The highest BCUT2D eigenvalue weighted by molar-refractivity contribution is 5.85. The summed E-state index contributed by atoms with van der Waals surface area (Å²) in [6.07, 6.45) is 0.691. The van der Waals surface area contributed by atoms with E-state index in [4.69, 9.17) is 5.73 Å². The summed E-state index contributed by atoms with van der Waals surface area (Å²) < 4.78 is 12.9. The second-order valence-electron chi connectivity index (χ2n) is 7.31. The third-order valence-corrected chi connectivity index (χ3v) is 5.55. The zero-order valence-corrected chi connectivity index (χ0v) is 17.0. The van der Waals surface area contributed by atoms with Gasteiger partial charge in [0, 0.05) is 25.6 Å². The van der Waals surface area contributed by atoms with Gasteiger partial charge in [-0.1, -0.05) is 42.5 Å². The highest BCUT2D eigenvalue weighted by atomic mass is 35.5. The Balaban J connectivity index is 0.00000280. The number of benzene rings is 2. The standard InChI is InChI=1S/C22H28FN3O.ClH/c1-16(22(27)25-12-11-17-7-9-20(23)10-8-17)26-14-19(13-24)21(15-26)18-5-3-2-4-6-18;/h2-10,16,19,21H,11-15,24H2,1H3,(H,25,27);1H/t16?,19-,21+;/m1./s1. The molecule has 0 saturated carbocycles. The summed E-state index contributed by atoms with van der Waals surface area (Å²) in [6.45, 7) is 4.80. The molecule has 1 amide bonds. The van der Waals surface area contributed by atoms with Crippen LogP contribution in [0.4, 0.5) is 4.39 Å². The predicted octanol–water partition coefficient (Wildman–Crippen LogP) is 2.97. The second-order valence-corrected chi connectivity index (χ2v) is 7.31. The average molecular weight is 406 g/mol. The maximum absolute atomic E-state index is 12.9. The maximum atomic E-state index is 12.9. The quantitative estimate of drug-likeness (QED) is 0.744. The van der Waals surface area contributed by atoms with E-state index in [2.05, 4.69) is 34.5 Å². The van der Waals surface area contributed by atoms with Crippen LogP contribution in [0.5, 0.6) is 0 Å². The first kappa shape index (κ1) is 22.3. The minimum atomic E-state index is -0.243. The van der Waals surface area contributed by atoms with Crippen LogP contribution in [0.15, 0.2) is 54.6 Å². The highest BCUT2D eigenvalue weighted by Gasteiger charge is 2.36. The summed E-state index contributed by atoms with van der Waals surface area (Å²) in [4.78, 5) is 14.8. The number of amides is 1. The first-order valence-corrected chi connectivity index (χ1v) is 9.59. The number of rotatable bonds is 7. The normalized spacial score (nSPS) is 20.4. The van der Waals surface area contributed by atoms with Crippen LogP contribution in [-0.4, -0.2) is 43.0 Å². The molecule has 3 atom stereocenters. The van der Waals surface area contributed by atoms with Crippen molar-refractivity contribution in [2.75, 3.05) is 26.2 Å². The van der Waals surface area contributed by atoms with Gasteiger partial charge in [0.25, 0.3) is 0 Å². The van der Waals surface area contributed by atoms with Gasteiger partial charge in [0.2, 0.25) is 5.91 Å². The van der Waals surface area contributed by atoms with Gasteiger partial charge in [-0.2, -0.15) is 0 Å². The summed E-state index contributed by atoms with van der Waals surface area (Å²) in [5.41, 5.74) is 8.30. The van der Waals surface area contributed by atoms with Gasteiger partial charge in [0.1, 0.15) is 5.82 Å². The fraction of sp³-hybridized carbons (Fsp3) is 0.409. The minimum Gasteiger partial charge on any atom is -0.354 e. The molecule has 1 aliphatic heterocycles. The number of carbonyl (C=O) groups excluding carboxylic acids is 1. The smallest absolute Gasteiger partial charge is 0.237 e.